The van der Waals surface area contributed by atoms with Gasteiger partial charge in [-0.3, -0.25) is 0 Å². The first-order chi connectivity index (χ1) is 13.2. The van der Waals surface area contributed by atoms with E-state index in [9.17, 15) is 4.57 Å². The Balaban J connectivity index is 1.69. The Morgan fingerprint density at radius 3 is 1.74 bits per heavy atom. The van der Waals surface area contributed by atoms with Gasteiger partial charge in [-0.25, -0.2) is 4.57 Å². The number of anilines is 1. The molecule has 3 aromatic rings. The molecule has 0 radical (unpaired) electrons. The summed E-state index contributed by atoms with van der Waals surface area (Å²) < 4.78 is 26.1. The van der Waals surface area contributed by atoms with Crippen molar-refractivity contribution in [2.45, 2.75) is 18.6 Å². The molecule has 4 nitrogen and oxygen atoms in total. The second kappa shape index (κ2) is 7.89. The van der Waals surface area contributed by atoms with Gasteiger partial charge in [0.2, 0.25) is 0 Å². The van der Waals surface area contributed by atoms with Gasteiger partial charge in [0.25, 0.3) is 0 Å². The maximum absolute atomic E-state index is 14.1. The van der Waals surface area contributed by atoms with E-state index in [0.29, 0.717) is 11.5 Å². The first kappa shape index (κ1) is 17.7. The molecule has 0 spiro atoms. The minimum absolute atomic E-state index is 0.333. The van der Waals surface area contributed by atoms with Gasteiger partial charge in [0, 0.05) is 12.2 Å². The van der Waals surface area contributed by atoms with Crippen molar-refractivity contribution in [3.05, 3.63) is 91.0 Å². The average molecular weight is 379 g/mol. The van der Waals surface area contributed by atoms with Crippen molar-refractivity contribution in [3.63, 3.8) is 0 Å². The van der Waals surface area contributed by atoms with Crippen LogP contribution in [0.5, 0.6) is 11.5 Å². The number of rotatable bonds is 6. The fraction of sp³-hybridized carbons (Fsp3) is 0.182. The Bertz CT molecular complexity index is 857. The number of para-hydroxylation sites is 3. The fourth-order valence-corrected chi connectivity index (χ4v) is 5.60. The van der Waals surface area contributed by atoms with Crippen LogP contribution in [0.2, 0.25) is 0 Å². The van der Waals surface area contributed by atoms with Crippen molar-refractivity contribution in [3.8, 4) is 11.5 Å². The lowest BCUT2D eigenvalue weighted by Gasteiger charge is -2.32. The molecule has 27 heavy (non-hydrogen) atoms. The van der Waals surface area contributed by atoms with Crippen molar-refractivity contribution < 1.29 is 13.6 Å². The van der Waals surface area contributed by atoms with Gasteiger partial charge in [-0.05, 0) is 49.2 Å². The van der Waals surface area contributed by atoms with Crippen LogP contribution in [-0.2, 0) is 4.57 Å². The van der Waals surface area contributed by atoms with Crippen LogP contribution in [0.1, 0.15) is 12.8 Å². The minimum Gasteiger partial charge on any atom is -0.415 e. The van der Waals surface area contributed by atoms with Crippen LogP contribution < -0.4 is 13.9 Å². The number of nitrogens with zero attached hydrogens (tertiary/aromatic N) is 1. The zero-order valence-corrected chi connectivity index (χ0v) is 15.9. The SMILES string of the molecule is O=P(Oc1ccccc1)(Oc1ccccc1)C1CCCN1c1ccccc1. The molecule has 3 aromatic carbocycles. The molecule has 1 unspecified atom stereocenters. The summed E-state index contributed by atoms with van der Waals surface area (Å²) in [5, 5.41) is 0. The van der Waals surface area contributed by atoms with E-state index in [-0.39, 0.29) is 5.78 Å². The van der Waals surface area contributed by atoms with Gasteiger partial charge in [-0.2, -0.15) is 0 Å². The van der Waals surface area contributed by atoms with Gasteiger partial charge in [0.15, 0.2) is 5.78 Å². The van der Waals surface area contributed by atoms with Gasteiger partial charge in [0.05, 0.1) is 0 Å². The highest BCUT2D eigenvalue weighted by Gasteiger charge is 2.45. The molecule has 0 aliphatic carbocycles. The van der Waals surface area contributed by atoms with E-state index in [1.807, 2.05) is 91.0 Å². The summed E-state index contributed by atoms with van der Waals surface area (Å²) in [6.45, 7) is 0.828. The van der Waals surface area contributed by atoms with E-state index < -0.39 is 7.60 Å². The molecule has 0 N–H and O–H groups in total. The van der Waals surface area contributed by atoms with Gasteiger partial charge < -0.3 is 13.9 Å². The molecule has 4 rings (SSSR count). The Morgan fingerprint density at radius 2 is 1.22 bits per heavy atom. The third-order valence-electron chi connectivity index (χ3n) is 4.63. The molecule has 0 bridgehead atoms. The third-order valence-corrected chi connectivity index (χ3v) is 6.82. The molecular formula is C22H22NO3P. The molecule has 0 saturated carbocycles. The largest absolute Gasteiger partial charge is 0.453 e. The van der Waals surface area contributed by atoms with Crippen LogP contribution >= 0.6 is 7.60 Å². The van der Waals surface area contributed by atoms with Crippen molar-refractivity contribution in [2.24, 2.45) is 0 Å². The Kier molecular flexibility index (Phi) is 5.17. The smallest absolute Gasteiger partial charge is 0.415 e. The molecule has 1 saturated heterocycles. The summed E-state index contributed by atoms with van der Waals surface area (Å²) in [5.41, 5.74) is 1.04. The van der Waals surface area contributed by atoms with Crippen LogP contribution in [0, 0.1) is 0 Å². The van der Waals surface area contributed by atoms with E-state index in [1.54, 1.807) is 0 Å². The van der Waals surface area contributed by atoms with Gasteiger partial charge >= 0.3 is 7.60 Å². The molecule has 0 amide bonds. The monoisotopic (exact) mass is 379 g/mol. The Labute approximate surface area is 159 Å². The predicted molar refractivity (Wildman–Crippen MR) is 109 cm³/mol. The van der Waals surface area contributed by atoms with Gasteiger partial charge in [-0.1, -0.05) is 54.6 Å². The maximum Gasteiger partial charge on any atom is 0.453 e. The lowest BCUT2D eigenvalue weighted by Crippen LogP contribution is -2.32. The van der Waals surface area contributed by atoms with E-state index in [2.05, 4.69) is 4.90 Å². The fourth-order valence-electron chi connectivity index (χ4n) is 3.40. The van der Waals surface area contributed by atoms with Gasteiger partial charge in [-0.15, -0.1) is 0 Å². The van der Waals surface area contributed by atoms with Crippen LogP contribution in [-0.4, -0.2) is 12.3 Å². The van der Waals surface area contributed by atoms with E-state index in [0.717, 1.165) is 25.1 Å². The second-order valence-electron chi connectivity index (χ2n) is 6.50. The third kappa shape index (κ3) is 4.01. The van der Waals surface area contributed by atoms with Gasteiger partial charge in [0.1, 0.15) is 11.5 Å². The molecule has 1 atom stereocenters. The maximum atomic E-state index is 14.1. The molecule has 1 heterocycles. The van der Waals surface area contributed by atoms with Crippen molar-refractivity contribution >= 4 is 13.3 Å². The summed E-state index contributed by atoms with van der Waals surface area (Å²) in [5.74, 6) is 0.772. The number of hydrogen-bond acceptors (Lipinski definition) is 4. The molecular weight excluding hydrogens is 357 g/mol. The summed E-state index contributed by atoms with van der Waals surface area (Å²) in [6.07, 6.45) is 1.70. The first-order valence-electron chi connectivity index (χ1n) is 9.15. The van der Waals surface area contributed by atoms with E-state index >= 15 is 0 Å². The minimum atomic E-state index is -3.51. The summed E-state index contributed by atoms with van der Waals surface area (Å²) in [6, 6.07) is 28.5. The zero-order chi connectivity index (χ0) is 18.5. The van der Waals surface area contributed by atoms with Crippen molar-refractivity contribution in [2.75, 3.05) is 11.4 Å². The molecule has 1 aliphatic rings. The summed E-state index contributed by atoms with van der Waals surface area (Å²) in [7, 11) is -3.51. The molecule has 1 aliphatic heterocycles. The summed E-state index contributed by atoms with van der Waals surface area (Å²) >= 11 is 0. The number of benzene rings is 3. The highest BCUT2D eigenvalue weighted by molar-refractivity contribution is 7.55. The second-order valence-corrected chi connectivity index (χ2v) is 8.54. The lowest BCUT2D eigenvalue weighted by atomic mass is 10.3. The van der Waals surface area contributed by atoms with E-state index in [1.165, 1.54) is 0 Å². The molecule has 5 heteroatoms. The average Bonchev–Trinajstić information content (AvgIpc) is 3.21. The normalized spacial score (nSPS) is 16.9. The highest BCUT2D eigenvalue weighted by Crippen LogP contribution is 2.57. The summed E-state index contributed by atoms with van der Waals surface area (Å²) in [4.78, 5) is 2.15. The van der Waals surface area contributed by atoms with E-state index in [4.69, 9.17) is 9.05 Å². The topological polar surface area (TPSA) is 38.8 Å². The highest BCUT2D eigenvalue weighted by atomic mass is 31.2. The Morgan fingerprint density at radius 1 is 0.741 bits per heavy atom. The predicted octanol–water partition coefficient (Wildman–Crippen LogP) is 5.96. The van der Waals surface area contributed by atoms with Crippen molar-refractivity contribution in [1.29, 1.82) is 0 Å². The zero-order valence-electron chi connectivity index (χ0n) is 15.0. The van der Waals surface area contributed by atoms with Crippen molar-refractivity contribution in [1.82, 2.24) is 0 Å². The number of hydrogen-bond donors (Lipinski definition) is 0. The van der Waals surface area contributed by atoms with Crippen LogP contribution in [0.15, 0.2) is 91.0 Å². The molecule has 138 valence electrons. The molecule has 1 fully saturated rings. The molecule has 0 aromatic heterocycles. The lowest BCUT2D eigenvalue weighted by molar-refractivity contribution is 0.371. The van der Waals surface area contributed by atoms with Crippen LogP contribution in [0.3, 0.4) is 0 Å². The van der Waals surface area contributed by atoms with Crippen LogP contribution in [0.4, 0.5) is 5.69 Å². The Hall–Kier alpha value is -2.71. The first-order valence-corrected chi connectivity index (χ1v) is 10.8. The van der Waals surface area contributed by atoms with Crippen LogP contribution in [0.25, 0.3) is 0 Å². The quantitative estimate of drug-likeness (QED) is 0.495. The standard InChI is InChI=1S/C22H22NO3P/c24-27(25-20-13-6-2-7-14-20,26-21-15-8-3-9-16-21)22-17-10-18-23(22)19-11-4-1-5-12-19/h1-9,11-16,22H,10,17-18H2.